The van der Waals surface area contributed by atoms with Crippen LogP contribution in [0.4, 0.5) is 0 Å². The molecule has 2 aromatic heterocycles. The molecular formula is C20H14Cl2N4O. The van der Waals surface area contributed by atoms with E-state index in [1.807, 2.05) is 30.3 Å². The molecule has 0 radical (unpaired) electrons. The van der Waals surface area contributed by atoms with E-state index in [1.165, 1.54) is 0 Å². The number of hydrogen-bond donors (Lipinski definition) is 1. The SMILES string of the molecule is O=C(NCc1ccccc1Cl)c1ccc(Cl)c(-n2cnc3cccnc32)c1. The van der Waals surface area contributed by atoms with Crippen molar-refractivity contribution < 1.29 is 4.79 Å². The van der Waals surface area contributed by atoms with E-state index >= 15 is 0 Å². The van der Waals surface area contributed by atoms with E-state index in [2.05, 4.69) is 15.3 Å². The van der Waals surface area contributed by atoms with Crippen molar-refractivity contribution in [2.45, 2.75) is 6.54 Å². The second-order valence-corrected chi connectivity index (χ2v) is 6.72. The quantitative estimate of drug-likeness (QED) is 0.545. The van der Waals surface area contributed by atoms with Crippen LogP contribution in [-0.4, -0.2) is 20.4 Å². The van der Waals surface area contributed by atoms with Crippen molar-refractivity contribution in [1.82, 2.24) is 19.9 Å². The smallest absolute Gasteiger partial charge is 0.251 e. The molecule has 0 fully saturated rings. The highest BCUT2D eigenvalue weighted by molar-refractivity contribution is 6.32. The lowest BCUT2D eigenvalue weighted by Crippen LogP contribution is -2.23. The molecule has 0 atom stereocenters. The lowest BCUT2D eigenvalue weighted by Gasteiger charge is -2.10. The highest BCUT2D eigenvalue weighted by atomic mass is 35.5. The average molecular weight is 397 g/mol. The lowest BCUT2D eigenvalue weighted by molar-refractivity contribution is 0.0951. The first-order valence-corrected chi connectivity index (χ1v) is 8.98. The standard InChI is InChI=1S/C20H14Cl2N4O/c21-15-5-2-1-4-14(15)11-24-20(27)13-7-8-16(22)18(10-13)26-12-25-17-6-3-9-23-19(17)26/h1-10,12H,11H2,(H,24,27). The van der Waals surface area contributed by atoms with Crippen LogP contribution in [0.2, 0.25) is 10.0 Å². The summed E-state index contributed by atoms with van der Waals surface area (Å²) in [5, 5.41) is 4.00. The molecule has 0 saturated carbocycles. The predicted octanol–water partition coefficient (Wildman–Crippen LogP) is 4.66. The molecule has 1 N–H and O–H groups in total. The van der Waals surface area contributed by atoms with E-state index in [0.717, 1.165) is 11.1 Å². The van der Waals surface area contributed by atoms with Gasteiger partial charge in [-0.25, -0.2) is 9.97 Å². The summed E-state index contributed by atoms with van der Waals surface area (Å²) >= 11 is 12.5. The summed E-state index contributed by atoms with van der Waals surface area (Å²) in [6.45, 7) is 0.339. The number of nitrogens with zero attached hydrogens (tertiary/aromatic N) is 3. The molecule has 7 heteroatoms. The first-order chi connectivity index (χ1) is 13.1. The second-order valence-electron chi connectivity index (χ2n) is 5.90. The van der Waals surface area contributed by atoms with Gasteiger partial charge in [0.25, 0.3) is 5.91 Å². The molecule has 4 rings (SSSR count). The maximum atomic E-state index is 12.6. The molecular weight excluding hydrogens is 383 g/mol. The predicted molar refractivity (Wildman–Crippen MR) is 106 cm³/mol. The van der Waals surface area contributed by atoms with E-state index in [1.54, 1.807) is 41.4 Å². The Kier molecular flexibility index (Phi) is 4.79. The third kappa shape index (κ3) is 3.52. The van der Waals surface area contributed by atoms with E-state index < -0.39 is 0 Å². The van der Waals surface area contributed by atoms with Crippen LogP contribution in [0.15, 0.2) is 67.1 Å². The summed E-state index contributed by atoms with van der Waals surface area (Å²) in [6, 6.07) is 16.2. The molecule has 5 nitrogen and oxygen atoms in total. The first-order valence-electron chi connectivity index (χ1n) is 8.23. The van der Waals surface area contributed by atoms with Gasteiger partial charge < -0.3 is 5.32 Å². The number of aromatic nitrogens is 3. The summed E-state index contributed by atoms with van der Waals surface area (Å²) in [4.78, 5) is 21.3. The number of amides is 1. The van der Waals surface area contributed by atoms with Crippen LogP contribution in [0.25, 0.3) is 16.9 Å². The highest BCUT2D eigenvalue weighted by Gasteiger charge is 2.13. The van der Waals surface area contributed by atoms with Gasteiger partial charge in [0.1, 0.15) is 11.8 Å². The van der Waals surface area contributed by atoms with E-state index in [-0.39, 0.29) is 5.91 Å². The zero-order valence-electron chi connectivity index (χ0n) is 14.1. The molecule has 0 aliphatic carbocycles. The Morgan fingerprint density at radius 1 is 1.00 bits per heavy atom. The number of carbonyl (C=O) groups excluding carboxylic acids is 1. The van der Waals surface area contributed by atoms with Gasteiger partial charge in [-0.2, -0.15) is 0 Å². The van der Waals surface area contributed by atoms with Gasteiger partial charge in [-0.05, 0) is 42.0 Å². The van der Waals surface area contributed by atoms with E-state index in [0.29, 0.717) is 33.5 Å². The van der Waals surface area contributed by atoms with Crippen LogP contribution in [0, 0.1) is 0 Å². The molecule has 0 aliphatic rings. The van der Waals surface area contributed by atoms with Crippen molar-refractivity contribution in [1.29, 1.82) is 0 Å². The Morgan fingerprint density at radius 2 is 1.85 bits per heavy atom. The summed E-state index contributed by atoms with van der Waals surface area (Å²) in [6.07, 6.45) is 3.33. The van der Waals surface area contributed by atoms with Crippen molar-refractivity contribution >= 4 is 40.3 Å². The average Bonchev–Trinajstić information content (AvgIpc) is 3.11. The fraction of sp³-hybridized carbons (Fsp3) is 0.0500. The number of halogens is 2. The third-order valence-electron chi connectivity index (χ3n) is 4.17. The van der Waals surface area contributed by atoms with Gasteiger partial charge in [0.05, 0.1) is 10.7 Å². The topological polar surface area (TPSA) is 59.8 Å². The highest BCUT2D eigenvalue weighted by Crippen LogP contribution is 2.25. The van der Waals surface area contributed by atoms with Crippen molar-refractivity contribution in [3.63, 3.8) is 0 Å². The number of imidazole rings is 1. The second kappa shape index (κ2) is 7.39. The maximum Gasteiger partial charge on any atom is 0.251 e. The van der Waals surface area contributed by atoms with Crippen LogP contribution >= 0.6 is 23.2 Å². The third-order valence-corrected chi connectivity index (χ3v) is 4.86. The first kappa shape index (κ1) is 17.5. The van der Waals surface area contributed by atoms with Crippen LogP contribution in [-0.2, 0) is 6.54 Å². The summed E-state index contributed by atoms with van der Waals surface area (Å²) < 4.78 is 1.77. The largest absolute Gasteiger partial charge is 0.348 e. The van der Waals surface area contributed by atoms with E-state index in [4.69, 9.17) is 23.2 Å². The minimum absolute atomic E-state index is 0.217. The number of carbonyl (C=O) groups is 1. The van der Waals surface area contributed by atoms with Crippen LogP contribution in [0.3, 0.4) is 0 Å². The van der Waals surface area contributed by atoms with Gasteiger partial charge in [-0.1, -0.05) is 41.4 Å². The van der Waals surface area contributed by atoms with Crippen LogP contribution in [0.1, 0.15) is 15.9 Å². The molecule has 0 aliphatic heterocycles. The van der Waals surface area contributed by atoms with Gasteiger partial charge in [0.2, 0.25) is 0 Å². The molecule has 134 valence electrons. The molecule has 1 amide bonds. The number of nitrogens with one attached hydrogen (secondary N) is 1. The zero-order valence-corrected chi connectivity index (χ0v) is 15.6. The number of rotatable bonds is 4. The Hall–Kier alpha value is -2.89. The summed E-state index contributed by atoms with van der Waals surface area (Å²) in [5.74, 6) is -0.217. The van der Waals surface area contributed by atoms with Gasteiger partial charge in [0, 0.05) is 23.3 Å². The molecule has 0 unspecified atom stereocenters. The summed E-state index contributed by atoms with van der Waals surface area (Å²) in [5.41, 5.74) is 3.41. The normalized spacial score (nSPS) is 10.9. The van der Waals surface area contributed by atoms with Crippen LogP contribution in [0.5, 0.6) is 0 Å². The number of hydrogen-bond acceptors (Lipinski definition) is 3. The Labute approximate surface area is 165 Å². The fourth-order valence-electron chi connectivity index (χ4n) is 2.78. The molecule has 4 aromatic rings. The number of benzene rings is 2. The van der Waals surface area contributed by atoms with Crippen molar-refractivity contribution in [2.24, 2.45) is 0 Å². The van der Waals surface area contributed by atoms with E-state index in [9.17, 15) is 4.79 Å². The molecule has 0 spiro atoms. The van der Waals surface area contributed by atoms with Crippen molar-refractivity contribution in [3.8, 4) is 5.69 Å². The minimum Gasteiger partial charge on any atom is -0.348 e. The van der Waals surface area contributed by atoms with Crippen LogP contribution < -0.4 is 5.32 Å². The molecule has 2 heterocycles. The maximum absolute atomic E-state index is 12.6. The summed E-state index contributed by atoms with van der Waals surface area (Å²) in [7, 11) is 0. The fourth-order valence-corrected chi connectivity index (χ4v) is 3.19. The molecule has 0 saturated heterocycles. The van der Waals surface area contributed by atoms with Gasteiger partial charge >= 0.3 is 0 Å². The molecule has 0 bridgehead atoms. The number of fused-ring (bicyclic) bond motifs is 1. The van der Waals surface area contributed by atoms with Gasteiger partial charge in [-0.15, -0.1) is 0 Å². The van der Waals surface area contributed by atoms with Gasteiger partial charge in [-0.3, -0.25) is 9.36 Å². The Balaban J connectivity index is 1.62. The zero-order chi connectivity index (χ0) is 18.8. The van der Waals surface area contributed by atoms with Crippen molar-refractivity contribution in [2.75, 3.05) is 0 Å². The Morgan fingerprint density at radius 3 is 2.70 bits per heavy atom. The van der Waals surface area contributed by atoms with Gasteiger partial charge in [0.15, 0.2) is 5.65 Å². The van der Waals surface area contributed by atoms with Crippen molar-refractivity contribution in [3.05, 3.63) is 88.3 Å². The Bertz CT molecular complexity index is 1140. The lowest BCUT2D eigenvalue weighted by atomic mass is 10.1. The monoisotopic (exact) mass is 396 g/mol. The molecule has 2 aromatic carbocycles. The minimum atomic E-state index is -0.217. The number of pyridine rings is 1. The molecule has 27 heavy (non-hydrogen) atoms.